The van der Waals surface area contributed by atoms with Crippen molar-refractivity contribution in [2.45, 2.75) is 26.2 Å². The number of thioether (sulfide) groups is 1. The molecule has 0 atom stereocenters. The van der Waals surface area contributed by atoms with Gasteiger partial charge in [-0.25, -0.2) is 4.99 Å². The first-order valence-corrected chi connectivity index (χ1v) is 13.2. The van der Waals surface area contributed by atoms with Crippen LogP contribution in [0.15, 0.2) is 76.9 Å². The average molecular weight is 494 g/mol. The molecule has 1 amide bonds. The number of aliphatic imine (C=N–C) groups is 2. The highest BCUT2D eigenvalue weighted by Crippen LogP contribution is 2.24. The Bertz CT molecular complexity index is 956. The normalized spacial score (nSPS) is 15.5. The Morgan fingerprint density at radius 3 is 2.66 bits per heavy atom. The number of anilines is 1. The standard InChI is InChI=1S/C28H39N5OS/c1-5-10-24(16-18-29-3)14-15-25-11-7-8-12-26(25)32-19-21-33(22-20-32)27(34)13-9-23-35-28(30-4)31-17-6-2/h6-8,10-12,14-18,29H,2,5,9,13,19-23H2,1,3-4H3/b15-14+,18-16-,24-10-,30-28?,31-17-. The Morgan fingerprint density at radius 2 is 1.97 bits per heavy atom. The first-order valence-electron chi connectivity index (χ1n) is 12.2. The number of rotatable bonds is 11. The van der Waals surface area contributed by atoms with E-state index in [9.17, 15) is 4.79 Å². The van der Waals surface area contributed by atoms with Crippen LogP contribution in [0, 0.1) is 0 Å². The topological polar surface area (TPSA) is 60.3 Å². The van der Waals surface area contributed by atoms with Crippen molar-refractivity contribution in [2.75, 3.05) is 50.9 Å². The Labute approximate surface area is 215 Å². The third-order valence-corrected chi connectivity index (χ3v) is 6.53. The molecule has 1 fully saturated rings. The summed E-state index contributed by atoms with van der Waals surface area (Å²) in [5, 5.41) is 3.77. The maximum atomic E-state index is 12.7. The number of hydrogen-bond donors (Lipinski definition) is 1. The van der Waals surface area contributed by atoms with Gasteiger partial charge in [0, 0.05) is 64.4 Å². The molecular weight excluding hydrogens is 454 g/mol. The van der Waals surface area contributed by atoms with Gasteiger partial charge in [0.05, 0.1) is 0 Å². The van der Waals surface area contributed by atoms with Crippen molar-refractivity contribution in [2.24, 2.45) is 9.98 Å². The molecule has 0 spiro atoms. The van der Waals surface area contributed by atoms with Crippen molar-refractivity contribution >= 4 is 40.8 Å². The van der Waals surface area contributed by atoms with Crippen LogP contribution in [0.4, 0.5) is 5.69 Å². The van der Waals surface area contributed by atoms with E-state index in [2.05, 4.69) is 82.3 Å². The third kappa shape index (κ3) is 9.99. The van der Waals surface area contributed by atoms with E-state index in [1.165, 1.54) is 16.8 Å². The minimum Gasteiger partial charge on any atom is -0.394 e. The molecule has 1 saturated heterocycles. The fourth-order valence-corrected chi connectivity index (χ4v) is 4.46. The second-order valence-corrected chi connectivity index (χ2v) is 9.03. The van der Waals surface area contributed by atoms with Crippen LogP contribution in [-0.2, 0) is 4.79 Å². The number of allylic oxidation sites excluding steroid dienone is 5. The lowest BCUT2D eigenvalue weighted by Crippen LogP contribution is -2.49. The Balaban J connectivity index is 1.89. The number of carbonyl (C=O) groups is 1. The Morgan fingerprint density at radius 1 is 1.20 bits per heavy atom. The fraction of sp³-hybridized carbons (Fsp3) is 0.393. The lowest BCUT2D eigenvalue weighted by atomic mass is 10.1. The van der Waals surface area contributed by atoms with E-state index in [0.717, 1.165) is 44.8 Å². The maximum Gasteiger partial charge on any atom is 0.222 e. The van der Waals surface area contributed by atoms with Gasteiger partial charge in [-0.1, -0.05) is 67.8 Å². The van der Waals surface area contributed by atoms with E-state index in [0.29, 0.717) is 11.6 Å². The number of amidine groups is 1. The van der Waals surface area contributed by atoms with Gasteiger partial charge in [-0.3, -0.25) is 9.79 Å². The van der Waals surface area contributed by atoms with Crippen LogP contribution in [0.2, 0.25) is 0 Å². The molecule has 1 aromatic rings. The summed E-state index contributed by atoms with van der Waals surface area (Å²) in [4.78, 5) is 25.4. The first-order chi connectivity index (χ1) is 17.1. The monoisotopic (exact) mass is 493 g/mol. The van der Waals surface area contributed by atoms with Crippen LogP contribution in [0.3, 0.4) is 0 Å². The molecule has 2 rings (SSSR count). The molecule has 0 aliphatic carbocycles. The van der Waals surface area contributed by atoms with E-state index in [1.807, 2.05) is 18.1 Å². The SMILES string of the molecule is C=C/C=N\C(=NC)SCCCC(=O)N1CCN(c2ccccc2/C=C/C(/C=C\NC)=C/CC)CC1. The van der Waals surface area contributed by atoms with Gasteiger partial charge in [-0.15, -0.1) is 0 Å². The number of hydrogen-bond acceptors (Lipinski definition) is 5. The quantitative estimate of drug-likeness (QED) is 0.200. The smallest absolute Gasteiger partial charge is 0.222 e. The predicted molar refractivity (Wildman–Crippen MR) is 155 cm³/mol. The summed E-state index contributed by atoms with van der Waals surface area (Å²) < 4.78 is 0. The van der Waals surface area contributed by atoms with Crippen molar-refractivity contribution in [3.8, 4) is 0 Å². The van der Waals surface area contributed by atoms with E-state index >= 15 is 0 Å². The largest absolute Gasteiger partial charge is 0.394 e. The minimum absolute atomic E-state index is 0.230. The lowest BCUT2D eigenvalue weighted by Gasteiger charge is -2.37. The van der Waals surface area contributed by atoms with Crippen LogP contribution < -0.4 is 10.2 Å². The number of nitrogens with one attached hydrogen (secondary N) is 1. The molecule has 35 heavy (non-hydrogen) atoms. The van der Waals surface area contributed by atoms with Gasteiger partial charge >= 0.3 is 0 Å². The van der Waals surface area contributed by atoms with Crippen LogP contribution in [0.1, 0.15) is 31.7 Å². The minimum atomic E-state index is 0.230. The van der Waals surface area contributed by atoms with Crippen molar-refractivity contribution in [1.29, 1.82) is 0 Å². The molecule has 1 N–H and O–H groups in total. The van der Waals surface area contributed by atoms with E-state index in [1.54, 1.807) is 31.1 Å². The van der Waals surface area contributed by atoms with Gasteiger partial charge < -0.3 is 15.1 Å². The molecular formula is C28H39N5OS. The molecule has 0 saturated carbocycles. The van der Waals surface area contributed by atoms with Crippen LogP contribution in [-0.4, -0.2) is 68.2 Å². The molecule has 0 bridgehead atoms. The zero-order valence-electron chi connectivity index (χ0n) is 21.3. The highest BCUT2D eigenvalue weighted by molar-refractivity contribution is 8.13. The molecule has 6 nitrogen and oxygen atoms in total. The fourth-order valence-electron chi connectivity index (χ4n) is 3.73. The second kappa shape index (κ2) is 16.5. The maximum absolute atomic E-state index is 12.7. The van der Waals surface area contributed by atoms with Crippen molar-refractivity contribution in [3.05, 3.63) is 72.5 Å². The van der Waals surface area contributed by atoms with Crippen molar-refractivity contribution in [3.63, 3.8) is 0 Å². The molecule has 0 unspecified atom stereocenters. The van der Waals surface area contributed by atoms with Crippen LogP contribution >= 0.6 is 11.8 Å². The lowest BCUT2D eigenvalue weighted by molar-refractivity contribution is -0.131. The molecule has 1 aliphatic rings. The van der Waals surface area contributed by atoms with Gasteiger partial charge in [-0.2, -0.15) is 0 Å². The third-order valence-electron chi connectivity index (χ3n) is 5.50. The molecule has 1 heterocycles. The molecule has 7 heteroatoms. The zero-order valence-corrected chi connectivity index (χ0v) is 22.1. The summed E-state index contributed by atoms with van der Waals surface area (Å²) in [7, 11) is 3.63. The number of amides is 1. The van der Waals surface area contributed by atoms with Gasteiger partial charge in [0.1, 0.15) is 0 Å². The Kier molecular flexibility index (Phi) is 13.3. The molecule has 1 aliphatic heterocycles. The summed E-state index contributed by atoms with van der Waals surface area (Å²) in [6.07, 6.45) is 16.2. The number of nitrogens with zero attached hydrogens (tertiary/aromatic N) is 4. The highest BCUT2D eigenvalue weighted by Gasteiger charge is 2.21. The summed E-state index contributed by atoms with van der Waals surface area (Å²) >= 11 is 1.57. The van der Waals surface area contributed by atoms with Crippen molar-refractivity contribution in [1.82, 2.24) is 10.2 Å². The van der Waals surface area contributed by atoms with Crippen molar-refractivity contribution < 1.29 is 4.79 Å². The summed E-state index contributed by atoms with van der Waals surface area (Å²) in [5.74, 6) is 1.05. The highest BCUT2D eigenvalue weighted by atomic mass is 32.2. The second-order valence-electron chi connectivity index (χ2n) is 7.97. The molecule has 0 aromatic heterocycles. The molecule has 0 radical (unpaired) electrons. The number of carbonyl (C=O) groups excluding carboxylic acids is 1. The summed E-state index contributed by atoms with van der Waals surface area (Å²) in [5.41, 5.74) is 3.58. The first kappa shape index (κ1) is 28.2. The number of piperazine rings is 1. The van der Waals surface area contributed by atoms with E-state index in [-0.39, 0.29) is 5.91 Å². The predicted octanol–water partition coefficient (Wildman–Crippen LogP) is 5.17. The Hall–Kier alpha value is -3.06. The number of benzene rings is 1. The van der Waals surface area contributed by atoms with Gasteiger partial charge in [0.2, 0.25) is 5.91 Å². The van der Waals surface area contributed by atoms with Crippen LogP contribution in [0.5, 0.6) is 0 Å². The van der Waals surface area contributed by atoms with Gasteiger partial charge in [0.15, 0.2) is 5.17 Å². The van der Waals surface area contributed by atoms with Crippen LogP contribution in [0.25, 0.3) is 6.08 Å². The zero-order chi connectivity index (χ0) is 25.3. The summed E-state index contributed by atoms with van der Waals surface area (Å²) in [6.45, 7) is 8.95. The molecule has 188 valence electrons. The summed E-state index contributed by atoms with van der Waals surface area (Å²) in [6, 6.07) is 8.48. The number of para-hydroxylation sites is 1. The van der Waals surface area contributed by atoms with Gasteiger partial charge in [-0.05, 0) is 42.3 Å². The van der Waals surface area contributed by atoms with Gasteiger partial charge in [0.25, 0.3) is 0 Å². The average Bonchev–Trinajstić information content (AvgIpc) is 2.90. The van der Waals surface area contributed by atoms with E-state index < -0.39 is 0 Å². The van der Waals surface area contributed by atoms with E-state index in [4.69, 9.17) is 0 Å². The molecule has 1 aromatic carbocycles.